The lowest BCUT2D eigenvalue weighted by atomic mass is 9.76. The zero-order valence-corrected chi connectivity index (χ0v) is 27.7. The molecule has 228 valence electrons. The van der Waals surface area contributed by atoms with Crippen LogP contribution in [0.25, 0.3) is 11.0 Å². The number of rotatable bonds is 10. The van der Waals surface area contributed by atoms with Crippen molar-refractivity contribution in [3.63, 3.8) is 0 Å². The molecule has 39 heavy (non-hydrogen) atoms. The molecule has 0 aliphatic heterocycles. The third-order valence-electron chi connectivity index (χ3n) is 6.89. The normalized spacial score (nSPS) is 17.9. The fourth-order valence-electron chi connectivity index (χ4n) is 4.82. The Bertz CT molecular complexity index is 884. The molecule has 0 radical (unpaired) electrons. The zero-order chi connectivity index (χ0) is 30.4. The summed E-state index contributed by atoms with van der Waals surface area (Å²) in [4.78, 5) is 11.1. The Balaban J connectivity index is 0.00000142. The summed E-state index contributed by atoms with van der Waals surface area (Å²) >= 11 is 0. The molecule has 6 heteroatoms. The van der Waals surface area contributed by atoms with Crippen molar-refractivity contribution >= 4 is 11.0 Å². The van der Waals surface area contributed by atoms with Gasteiger partial charge in [0.25, 0.3) is 0 Å². The van der Waals surface area contributed by atoms with Crippen LogP contribution in [0.5, 0.6) is 0 Å². The molecule has 1 heterocycles. The third-order valence-corrected chi connectivity index (χ3v) is 6.89. The summed E-state index contributed by atoms with van der Waals surface area (Å²) in [6.45, 7) is 25.3. The lowest BCUT2D eigenvalue weighted by Gasteiger charge is -2.46. The van der Waals surface area contributed by atoms with Crippen molar-refractivity contribution in [2.75, 3.05) is 13.7 Å². The average Bonchev–Trinajstić information content (AvgIpc) is 3.24. The van der Waals surface area contributed by atoms with E-state index in [1.165, 1.54) is 50.6 Å². The Morgan fingerprint density at radius 2 is 1.62 bits per heavy atom. The third kappa shape index (κ3) is 14.1. The van der Waals surface area contributed by atoms with Crippen LogP contribution in [0.15, 0.2) is 18.2 Å². The number of fused-ring (bicyclic) bond motifs is 1. The van der Waals surface area contributed by atoms with Gasteiger partial charge in [-0.3, -0.25) is 4.90 Å². The van der Waals surface area contributed by atoms with E-state index in [0.29, 0.717) is 12.1 Å². The van der Waals surface area contributed by atoms with Gasteiger partial charge in [0.1, 0.15) is 5.82 Å². The Morgan fingerprint density at radius 1 is 1.05 bits per heavy atom. The number of hydrogen-bond donors (Lipinski definition) is 3. The molecule has 3 rings (SSSR count). The van der Waals surface area contributed by atoms with Crippen molar-refractivity contribution in [3.8, 4) is 0 Å². The number of hydrogen-bond acceptors (Lipinski definition) is 5. The largest absolute Gasteiger partial charge is 0.380 e. The molecule has 0 amide bonds. The predicted molar refractivity (Wildman–Crippen MR) is 168 cm³/mol. The molecule has 0 saturated heterocycles. The molecule has 3 N–H and O–H groups in total. The van der Waals surface area contributed by atoms with Crippen molar-refractivity contribution < 1.29 is 14.9 Å². The van der Waals surface area contributed by atoms with Crippen LogP contribution in [0.2, 0.25) is 0 Å². The Hall–Kier alpha value is -1.47. The molecule has 1 aliphatic carbocycles. The number of nitrogens with one attached hydrogen (secondary N) is 1. The maximum Gasteiger partial charge on any atom is 0.156 e. The highest BCUT2D eigenvalue weighted by Gasteiger charge is 2.35. The number of aryl methyl sites for hydroxylation is 1. The van der Waals surface area contributed by atoms with Gasteiger partial charge in [0.15, 0.2) is 5.79 Å². The SMILES string of the molecule is CC.CC.CC(C)(O)O.CCCC(CN(C(C)C)C1CC(CCc2nc3ccc(C(C)(C)C)cc3[nH]2)C1)OC. The Labute approximate surface area is 241 Å². The number of ether oxygens (including phenoxy) is 1. The molecule has 6 nitrogen and oxygen atoms in total. The molecule has 1 atom stereocenters. The van der Waals surface area contributed by atoms with Gasteiger partial charge in [-0.2, -0.15) is 0 Å². The molecule has 1 saturated carbocycles. The summed E-state index contributed by atoms with van der Waals surface area (Å²) in [7, 11) is 1.86. The summed E-state index contributed by atoms with van der Waals surface area (Å²) in [5.74, 6) is 0.462. The average molecular weight is 550 g/mol. The van der Waals surface area contributed by atoms with Crippen LogP contribution in [0.3, 0.4) is 0 Å². The molecule has 1 aliphatic rings. The minimum Gasteiger partial charge on any atom is -0.380 e. The maximum absolute atomic E-state index is 8.08. The number of methoxy groups -OCH3 is 1. The van der Waals surface area contributed by atoms with Gasteiger partial charge in [0.05, 0.1) is 17.1 Å². The minimum atomic E-state index is -1.50. The summed E-state index contributed by atoms with van der Waals surface area (Å²) < 4.78 is 5.73. The molecule has 2 aromatic rings. The molecule has 1 aromatic carbocycles. The van der Waals surface area contributed by atoms with E-state index in [-0.39, 0.29) is 5.41 Å². The van der Waals surface area contributed by atoms with Crippen molar-refractivity contribution in [1.29, 1.82) is 0 Å². The lowest BCUT2D eigenvalue weighted by molar-refractivity contribution is -0.127. The van der Waals surface area contributed by atoms with E-state index in [1.54, 1.807) is 0 Å². The fourth-order valence-corrected chi connectivity index (χ4v) is 4.82. The molecule has 1 unspecified atom stereocenters. The molecule has 1 fully saturated rings. The van der Waals surface area contributed by atoms with Gasteiger partial charge >= 0.3 is 0 Å². The Kier molecular flexibility index (Phi) is 17.4. The molecule has 0 spiro atoms. The van der Waals surface area contributed by atoms with Gasteiger partial charge in [-0.25, -0.2) is 4.98 Å². The first-order chi connectivity index (χ1) is 18.2. The van der Waals surface area contributed by atoms with Gasteiger partial charge in [0, 0.05) is 32.2 Å². The van der Waals surface area contributed by atoms with Gasteiger partial charge in [-0.05, 0) is 82.4 Å². The predicted octanol–water partition coefficient (Wildman–Crippen LogP) is 7.86. The summed E-state index contributed by atoms with van der Waals surface area (Å²) in [6.07, 6.45) is 7.62. The van der Waals surface area contributed by atoms with Crippen molar-refractivity contribution in [1.82, 2.24) is 14.9 Å². The molecule has 1 aromatic heterocycles. The van der Waals surface area contributed by atoms with Crippen LogP contribution in [-0.2, 0) is 16.6 Å². The van der Waals surface area contributed by atoms with E-state index in [0.717, 1.165) is 42.7 Å². The number of benzene rings is 1. The first-order valence-corrected chi connectivity index (χ1v) is 15.4. The van der Waals surface area contributed by atoms with Gasteiger partial charge in [0.2, 0.25) is 0 Å². The van der Waals surface area contributed by atoms with Crippen LogP contribution < -0.4 is 0 Å². The van der Waals surface area contributed by atoms with Crippen molar-refractivity contribution in [2.24, 2.45) is 5.92 Å². The van der Waals surface area contributed by atoms with Gasteiger partial charge in [-0.1, -0.05) is 67.9 Å². The highest BCUT2D eigenvalue weighted by molar-refractivity contribution is 5.76. The topological polar surface area (TPSA) is 81.6 Å². The Morgan fingerprint density at radius 3 is 2.08 bits per heavy atom. The van der Waals surface area contributed by atoms with E-state index in [1.807, 2.05) is 34.8 Å². The zero-order valence-electron chi connectivity index (χ0n) is 27.7. The standard InChI is InChI=1S/C26H43N3O.C3H8O2.2C2H6/c1-8-9-22(30-7)17-29(18(2)3)21-14-19(15-21)10-13-25-27-23-12-11-20(26(4,5)6)16-24(23)28-25;1-3(2,4)5;2*1-2/h11-12,16,18-19,21-22H,8-10,13-15,17H2,1-7H3,(H,27,28);4-5H,1-2H3;2*1-2H3. The van der Waals surface area contributed by atoms with E-state index in [4.69, 9.17) is 19.9 Å². The monoisotopic (exact) mass is 549 g/mol. The van der Waals surface area contributed by atoms with Gasteiger partial charge < -0.3 is 19.9 Å². The minimum absolute atomic E-state index is 0.168. The number of aromatic nitrogens is 2. The second-order valence-electron chi connectivity index (χ2n) is 12.1. The maximum atomic E-state index is 8.08. The van der Waals surface area contributed by atoms with E-state index < -0.39 is 5.79 Å². The highest BCUT2D eigenvalue weighted by Crippen LogP contribution is 2.36. The van der Waals surface area contributed by atoms with Crippen LogP contribution in [0.4, 0.5) is 0 Å². The lowest BCUT2D eigenvalue weighted by Crippen LogP contribution is -2.51. The van der Waals surface area contributed by atoms with Crippen LogP contribution in [-0.4, -0.2) is 62.7 Å². The highest BCUT2D eigenvalue weighted by atomic mass is 16.5. The number of imidazole rings is 1. The molecule has 0 bridgehead atoms. The summed E-state index contributed by atoms with van der Waals surface area (Å²) in [5.41, 5.74) is 3.80. The smallest absolute Gasteiger partial charge is 0.156 e. The quantitative estimate of drug-likeness (QED) is 0.263. The van der Waals surface area contributed by atoms with Crippen molar-refractivity contribution in [2.45, 2.75) is 151 Å². The van der Waals surface area contributed by atoms with Crippen molar-refractivity contribution in [3.05, 3.63) is 29.6 Å². The molecular weight excluding hydrogens is 486 g/mol. The number of aliphatic hydroxyl groups is 2. The van der Waals surface area contributed by atoms with E-state index in [2.05, 4.69) is 69.6 Å². The summed E-state index contributed by atoms with van der Waals surface area (Å²) in [5, 5.41) is 16.2. The first-order valence-electron chi connectivity index (χ1n) is 15.4. The van der Waals surface area contributed by atoms with Crippen LogP contribution >= 0.6 is 0 Å². The van der Waals surface area contributed by atoms with Crippen LogP contribution in [0.1, 0.15) is 127 Å². The second kappa shape index (κ2) is 18.1. The van der Waals surface area contributed by atoms with Gasteiger partial charge in [-0.15, -0.1) is 0 Å². The number of H-pyrrole nitrogens is 1. The first kappa shape index (κ1) is 37.5. The number of aromatic amines is 1. The number of nitrogens with zero attached hydrogens (tertiary/aromatic N) is 2. The fraction of sp³-hybridized carbons (Fsp3) is 0.788. The summed E-state index contributed by atoms with van der Waals surface area (Å²) in [6, 6.07) is 7.95. The van der Waals surface area contributed by atoms with Crippen LogP contribution in [0, 0.1) is 5.92 Å². The van der Waals surface area contributed by atoms with E-state index in [9.17, 15) is 0 Å². The van der Waals surface area contributed by atoms with E-state index >= 15 is 0 Å². The molecular formula is C33H63N3O3. The second-order valence-corrected chi connectivity index (χ2v) is 12.1.